The van der Waals surface area contributed by atoms with Crippen LogP contribution in [0.1, 0.15) is 28.8 Å². The van der Waals surface area contributed by atoms with Crippen LogP contribution in [0.3, 0.4) is 0 Å². The lowest BCUT2D eigenvalue weighted by Gasteiger charge is -2.35. The number of carbonyl (C=O) groups excluding carboxylic acids is 1. The molecule has 0 N–H and O–H groups in total. The number of aryl methyl sites for hydroxylation is 2. The Balaban J connectivity index is 1.50. The monoisotopic (exact) mass is 397 g/mol. The quantitative estimate of drug-likeness (QED) is 0.624. The highest BCUT2D eigenvalue weighted by atomic mass is 32.2. The van der Waals surface area contributed by atoms with Crippen LogP contribution >= 0.6 is 11.8 Å². The number of nitrogens with zero attached hydrogens (tertiary/aromatic N) is 7. The van der Waals surface area contributed by atoms with Crippen LogP contribution in [0.4, 0.5) is 5.82 Å². The van der Waals surface area contributed by atoms with E-state index in [0.717, 1.165) is 41.9 Å². The highest BCUT2D eigenvalue weighted by Crippen LogP contribution is 2.21. The third kappa shape index (κ3) is 3.30. The molecule has 0 spiro atoms. The Bertz CT molecular complexity index is 1010. The first-order valence-corrected chi connectivity index (χ1v) is 10.6. The molecule has 3 aromatic heterocycles. The second-order valence-corrected chi connectivity index (χ2v) is 7.50. The van der Waals surface area contributed by atoms with E-state index >= 15 is 0 Å². The fourth-order valence-electron chi connectivity index (χ4n) is 3.54. The minimum atomic E-state index is 0.0433. The summed E-state index contributed by atoms with van der Waals surface area (Å²) in [4.78, 5) is 26.0. The van der Waals surface area contributed by atoms with Crippen LogP contribution in [-0.4, -0.2) is 67.8 Å². The molecule has 28 heavy (non-hydrogen) atoms. The van der Waals surface area contributed by atoms with Gasteiger partial charge in [-0.1, -0.05) is 6.92 Å². The van der Waals surface area contributed by atoms with Crippen molar-refractivity contribution >= 4 is 29.3 Å². The lowest BCUT2D eigenvalue weighted by molar-refractivity contribution is 0.0742. The van der Waals surface area contributed by atoms with E-state index in [2.05, 4.69) is 38.1 Å². The molecule has 9 heteroatoms. The number of carbonyl (C=O) groups is 1. The van der Waals surface area contributed by atoms with Gasteiger partial charge in [0.05, 0.1) is 5.56 Å². The molecule has 1 aliphatic rings. The molecule has 1 saturated heterocycles. The summed E-state index contributed by atoms with van der Waals surface area (Å²) in [6, 6.07) is 5.73. The molecule has 0 saturated carbocycles. The zero-order valence-electron chi connectivity index (χ0n) is 16.3. The Labute approximate surface area is 168 Å². The first-order valence-electron chi connectivity index (χ1n) is 9.37. The van der Waals surface area contributed by atoms with Crippen molar-refractivity contribution in [2.75, 3.05) is 37.3 Å². The second-order valence-electron chi connectivity index (χ2n) is 6.70. The van der Waals surface area contributed by atoms with Gasteiger partial charge in [0.2, 0.25) is 0 Å². The van der Waals surface area contributed by atoms with E-state index in [1.165, 1.54) is 11.8 Å². The number of anilines is 1. The summed E-state index contributed by atoms with van der Waals surface area (Å²) in [6.45, 7) is 6.88. The van der Waals surface area contributed by atoms with Gasteiger partial charge in [-0.05, 0) is 25.3 Å². The van der Waals surface area contributed by atoms with Gasteiger partial charge in [-0.15, -0.1) is 22.0 Å². The molecule has 1 fully saturated rings. The highest BCUT2D eigenvalue weighted by Gasteiger charge is 2.25. The van der Waals surface area contributed by atoms with Gasteiger partial charge in [0.1, 0.15) is 16.7 Å². The first-order chi connectivity index (χ1) is 13.6. The summed E-state index contributed by atoms with van der Waals surface area (Å²) in [7, 11) is 0. The Morgan fingerprint density at radius 3 is 2.71 bits per heavy atom. The zero-order valence-corrected chi connectivity index (χ0v) is 17.1. The normalized spacial score (nSPS) is 14.7. The Morgan fingerprint density at radius 2 is 2.00 bits per heavy atom. The molecular formula is C19H23N7OS. The Morgan fingerprint density at radius 1 is 1.21 bits per heavy atom. The molecule has 4 rings (SSSR count). The molecule has 0 aromatic carbocycles. The van der Waals surface area contributed by atoms with Crippen LogP contribution in [-0.2, 0) is 6.42 Å². The van der Waals surface area contributed by atoms with Crippen molar-refractivity contribution in [1.29, 1.82) is 0 Å². The van der Waals surface area contributed by atoms with Crippen molar-refractivity contribution in [2.24, 2.45) is 0 Å². The molecule has 8 nitrogen and oxygen atoms in total. The van der Waals surface area contributed by atoms with E-state index in [0.29, 0.717) is 24.4 Å². The minimum Gasteiger partial charge on any atom is -0.353 e. The summed E-state index contributed by atoms with van der Waals surface area (Å²) in [6.07, 6.45) is 4.48. The molecular weight excluding hydrogens is 374 g/mol. The van der Waals surface area contributed by atoms with E-state index in [9.17, 15) is 4.79 Å². The fourth-order valence-corrected chi connectivity index (χ4v) is 4.08. The van der Waals surface area contributed by atoms with Crippen molar-refractivity contribution in [3.05, 3.63) is 41.5 Å². The number of piperazine rings is 1. The van der Waals surface area contributed by atoms with Crippen molar-refractivity contribution in [3.8, 4) is 0 Å². The van der Waals surface area contributed by atoms with Crippen LogP contribution in [0.25, 0.3) is 5.78 Å². The average molecular weight is 398 g/mol. The second kappa shape index (κ2) is 7.75. The molecule has 0 bridgehead atoms. The third-order valence-electron chi connectivity index (χ3n) is 5.02. The summed E-state index contributed by atoms with van der Waals surface area (Å²) in [5.74, 6) is 2.48. The number of fused-ring (bicyclic) bond motifs is 1. The lowest BCUT2D eigenvalue weighted by atomic mass is 10.2. The maximum atomic E-state index is 12.9. The Hall–Kier alpha value is -2.68. The fraction of sp³-hybridized carbons (Fsp3) is 0.421. The highest BCUT2D eigenvalue weighted by molar-refractivity contribution is 7.98. The summed E-state index contributed by atoms with van der Waals surface area (Å²) < 4.78 is 2.00. The SMILES string of the molecule is CCc1nnc2nc(N3CCN(C(=O)c4cccnc4SC)CC3)cc(C)n12. The van der Waals surface area contributed by atoms with E-state index in [-0.39, 0.29) is 5.91 Å². The topological polar surface area (TPSA) is 79.5 Å². The van der Waals surface area contributed by atoms with Gasteiger partial charge in [0, 0.05) is 50.6 Å². The molecule has 0 atom stereocenters. The summed E-state index contributed by atoms with van der Waals surface area (Å²) >= 11 is 1.50. The number of hydrogen-bond acceptors (Lipinski definition) is 7. The number of pyridine rings is 1. The smallest absolute Gasteiger partial charge is 0.257 e. The van der Waals surface area contributed by atoms with Gasteiger partial charge in [0.15, 0.2) is 0 Å². The predicted molar refractivity (Wildman–Crippen MR) is 109 cm³/mol. The van der Waals surface area contributed by atoms with Gasteiger partial charge in [0.25, 0.3) is 11.7 Å². The van der Waals surface area contributed by atoms with E-state index in [4.69, 9.17) is 0 Å². The molecule has 0 radical (unpaired) electrons. The number of aromatic nitrogens is 5. The molecule has 4 heterocycles. The number of hydrogen-bond donors (Lipinski definition) is 0. The maximum Gasteiger partial charge on any atom is 0.257 e. The first kappa shape index (κ1) is 18.7. The maximum absolute atomic E-state index is 12.9. The largest absolute Gasteiger partial charge is 0.353 e. The lowest BCUT2D eigenvalue weighted by Crippen LogP contribution is -2.49. The van der Waals surface area contributed by atoms with Gasteiger partial charge in [-0.2, -0.15) is 4.98 Å². The molecule has 1 aliphatic heterocycles. The van der Waals surface area contributed by atoms with Crippen LogP contribution in [0.5, 0.6) is 0 Å². The van der Waals surface area contributed by atoms with Gasteiger partial charge < -0.3 is 9.80 Å². The van der Waals surface area contributed by atoms with Crippen LogP contribution in [0.15, 0.2) is 29.4 Å². The van der Waals surface area contributed by atoms with Gasteiger partial charge in [-0.25, -0.2) is 4.98 Å². The third-order valence-corrected chi connectivity index (χ3v) is 5.73. The molecule has 1 amide bonds. The number of rotatable bonds is 4. The van der Waals surface area contributed by atoms with Crippen LogP contribution in [0, 0.1) is 6.92 Å². The van der Waals surface area contributed by atoms with Crippen molar-refractivity contribution in [1.82, 2.24) is 29.5 Å². The van der Waals surface area contributed by atoms with E-state index < -0.39 is 0 Å². The van der Waals surface area contributed by atoms with Crippen LogP contribution < -0.4 is 4.90 Å². The Kier molecular flexibility index (Phi) is 5.17. The van der Waals surface area contributed by atoms with Crippen molar-refractivity contribution < 1.29 is 4.79 Å². The average Bonchev–Trinajstić information content (AvgIpc) is 3.17. The van der Waals surface area contributed by atoms with Crippen molar-refractivity contribution in [2.45, 2.75) is 25.3 Å². The van der Waals surface area contributed by atoms with E-state index in [1.807, 2.05) is 34.6 Å². The minimum absolute atomic E-state index is 0.0433. The summed E-state index contributed by atoms with van der Waals surface area (Å²) in [5.41, 5.74) is 1.75. The molecule has 3 aromatic rings. The van der Waals surface area contributed by atoms with Gasteiger partial charge in [-0.3, -0.25) is 9.20 Å². The molecule has 0 unspecified atom stereocenters. The van der Waals surface area contributed by atoms with E-state index in [1.54, 1.807) is 6.20 Å². The number of thioether (sulfide) groups is 1. The van der Waals surface area contributed by atoms with Crippen molar-refractivity contribution in [3.63, 3.8) is 0 Å². The summed E-state index contributed by atoms with van der Waals surface area (Å²) in [5, 5.41) is 9.20. The predicted octanol–water partition coefficient (Wildman–Crippen LogP) is 2.07. The molecule has 146 valence electrons. The number of amides is 1. The zero-order chi connectivity index (χ0) is 19.7. The standard InChI is InChI=1S/C19H23N7OS/c1-4-15-22-23-19-21-16(12-13(2)26(15)19)24-8-10-25(11-9-24)18(27)14-6-5-7-20-17(14)28-3/h5-7,12H,4,8-11H2,1-3H3. The van der Waals surface area contributed by atoms with Crippen LogP contribution in [0.2, 0.25) is 0 Å². The molecule has 0 aliphatic carbocycles. The van der Waals surface area contributed by atoms with Gasteiger partial charge >= 0.3 is 0 Å².